The number of hydrogen-bond donors (Lipinski definition) is 0. The van der Waals surface area contributed by atoms with Gasteiger partial charge >= 0.3 is 0 Å². The molecule has 0 atom stereocenters. The molecule has 1 aliphatic rings. The molecule has 2 heterocycles. The van der Waals surface area contributed by atoms with Gasteiger partial charge in [0.1, 0.15) is 6.26 Å². The lowest BCUT2D eigenvalue weighted by molar-refractivity contribution is -0.384. The van der Waals surface area contributed by atoms with Crippen LogP contribution in [0.15, 0.2) is 47.3 Å². The summed E-state index contributed by atoms with van der Waals surface area (Å²) >= 11 is 0. The molecule has 1 aliphatic heterocycles. The standard InChI is InChI=1S/C21H26N4O5/c1-2-9-24(21(27)17-8-15-30-16-17)10-7-20(26)23-13-11-22(12-14-23)18-3-5-19(6-4-18)25(28)29/h3-6,8,15-16H,2,7,9-14H2,1H3. The Morgan fingerprint density at radius 3 is 2.37 bits per heavy atom. The van der Waals surface area contributed by atoms with Crippen LogP contribution in [-0.2, 0) is 4.79 Å². The molecule has 1 aromatic carbocycles. The second-order valence-electron chi connectivity index (χ2n) is 7.20. The van der Waals surface area contributed by atoms with Crippen LogP contribution in [0.4, 0.5) is 11.4 Å². The molecule has 9 nitrogen and oxygen atoms in total. The van der Waals surface area contributed by atoms with Crippen molar-refractivity contribution in [1.29, 1.82) is 0 Å². The molecule has 3 rings (SSSR count). The average Bonchev–Trinajstić information content (AvgIpc) is 3.31. The highest BCUT2D eigenvalue weighted by Gasteiger charge is 2.23. The van der Waals surface area contributed by atoms with E-state index in [2.05, 4.69) is 4.90 Å². The van der Waals surface area contributed by atoms with E-state index in [0.717, 1.165) is 12.1 Å². The summed E-state index contributed by atoms with van der Waals surface area (Å²) in [4.78, 5) is 41.2. The highest BCUT2D eigenvalue weighted by molar-refractivity contribution is 5.94. The number of hydrogen-bond acceptors (Lipinski definition) is 6. The van der Waals surface area contributed by atoms with Crippen LogP contribution in [0.1, 0.15) is 30.1 Å². The van der Waals surface area contributed by atoms with Gasteiger partial charge in [-0.25, -0.2) is 0 Å². The molecule has 1 aromatic heterocycles. The number of non-ortho nitro benzene ring substituents is 1. The first-order chi connectivity index (χ1) is 14.5. The Morgan fingerprint density at radius 2 is 1.80 bits per heavy atom. The molecule has 0 N–H and O–H groups in total. The van der Waals surface area contributed by atoms with E-state index in [1.165, 1.54) is 24.7 Å². The van der Waals surface area contributed by atoms with Gasteiger partial charge in [-0.05, 0) is 24.6 Å². The Balaban J connectivity index is 1.49. The van der Waals surface area contributed by atoms with Crippen molar-refractivity contribution in [3.05, 3.63) is 58.5 Å². The number of amides is 2. The van der Waals surface area contributed by atoms with Gasteiger partial charge in [0, 0.05) is 63.5 Å². The van der Waals surface area contributed by atoms with E-state index in [-0.39, 0.29) is 23.9 Å². The van der Waals surface area contributed by atoms with Crippen molar-refractivity contribution < 1.29 is 18.9 Å². The number of nitrogens with zero attached hydrogens (tertiary/aromatic N) is 4. The molecule has 2 aromatic rings. The van der Waals surface area contributed by atoms with E-state index < -0.39 is 4.92 Å². The van der Waals surface area contributed by atoms with Crippen molar-refractivity contribution in [2.24, 2.45) is 0 Å². The first kappa shape index (κ1) is 21.4. The SMILES string of the molecule is CCCN(CCC(=O)N1CCN(c2ccc([N+](=O)[O-])cc2)CC1)C(=O)c1ccoc1. The van der Waals surface area contributed by atoms with Gasteiger partial charge in [-0.15, -0.1) is 0 Å². The van der Waals surface area contributed by atoms with Crippen LogP contribution in [-0.4, -0.2) is 65.8 Å². The molecule has 9 heteroatoms. The molecule has 0 unspecified atom stereocenters. The summed E-state index contributed by atoms with van der Waals surface area (Å²) in [6, 6.07) is 8.09. The lowest BCUT2D eigenvalue weighted by atomic mass is 10.2. The lowest BCUT2D eigenvalue weighted by Crippen LogP contribution is -2.49. The van der Waals surface area contributed by atoms with E-state index in [1.807, 2.05) is 11.8 Å². The predicted octanol–water partition coefficient (Wildman–Crippen LogP) is 2.78. The maximum absolute atomic E-state index is 12.7. The normalized spacial score (nSPS) is 13.9. The van der Waals surface area contributed by atoms with Crippen LogP contribution in [0.3, 0.4) is 0 Å². The van der Waals surface area contributed by atoms with Gasteiger partial charge in [-0.2, -0.15) is 0 Å². The molecule has 2 amide bonds. The topological polar surface area (TPSA) is 100 Å². The van der Waals surface area contributed by atoms with Crippen LogP contribution >= 0.6 is 0 Å². The molecule has 1 saturated heterocycles. The van der Waals surface area contributed by atoms with E-state index in [1.54, 1.807) is 23.1 Å². The van der Waals surface area contributed by atoms with Crippen molar-refractivity contribution in [1.82, 2.24) is 9.80 Å². The third-order valence-electron chi connectivity index (χ3n) is 5.20. The minimum Gasteiger partial charge on any atom is -0.472 e. The van der Waals surface area contributed by atoms with Gasteiger partial charge in [0.05, 0.1) is 16.7 Å². The fourth-order valence-corrected chi connectivity index (χ4v) is 3.54. The smallest absolute Gasteiger partial charge is 0.269 e. The zero-order chi connectivity index (χ0) is 21.5. The molecule has 0 spiro atoms. The van der Waals surface area contributed by atoms with Gasteiger partial charge in [-0.1, -0.05) is 6.92 Å². The second kappa shape index (κ2) is 9.91. The summed E-state index contributed by atoms with van der Waals surface area (Å²) in [7, 11) is 0. The number of carbonyl (C=O) groups excluding carboxylic acids is 2. The van der Waals surface area contributed by atoms with Crippen molar-refractivity contribution >= 4 is 23.2 Å². The number of benzene rings is 1. The fourth-order valence-electron chi connectivity index (χ4n) is 3.54. The van der Waals surface area contributed by atoms with Gasteiger partial charge in [0.2, 0.25) is 5.91 Å². The predicted molar refractivity (Wildman–Crippen MR) is 111 cm³/mol. The molecular weight excluding hydrogens is 388 g/mol. The Kier molecular flexibility index (Phi) is 7.05. The Hall–Kier alpha value is -3.36. The number of carbonyl (C=O) groups is 2. The summed E-state index contributed by atoms with van der Waals surface area (Å²) in [5, 5.41) is 10.8. The maximum Gasteiger partial charge on any atom is 0.269 e. The molecule has 30 heavy (non-hydrogen) atoms. The second-order valence-corrected chi connectivity index (χ2v) is 7.20. The summed E-state index contributed by atoms with van der Waals surface area (Å²) < 4.78 is 4.99. The first-order valence-electron chi connectivity index (χ1n) is 10.1. The third kappa shape index (κ3) is 5.16. The van der Waals surface area contributed by atoms with Gasteiger partial charge in [0.25, 0.3) is 11.6 Å². The van der Waals surface area contributed by atoms with E-state index in [0.29, 0.717) is 44.8 Å². The Morgan fingerprint density at radius 1 is 1.10 bits per heavy atom. The Bertz CT molecular complexity index is 858. The number of furan rings is 1. The number of nitro benzene ring substituents is 1. The van der Waals surface area contributed by atoms with Crippen LogP contribution in [0.5, 0.6) is 0 Å². The highest BCUT2D eigenvalue weighted by Crippen LogP contribution is 2.21. The molecule has 0 radical (unpaired) electrons. The van der Waals surface area contributed by atoms with Crippen molar-refractivity contribution in [2.75, 3.05) is 44.2 Å². The van der Waals surface area contributed by atoms with Gasteiger partial charge in [0.15, 0.2) is 0 Å². The molecule has 0 saturated carbocycles. The largest absolute Gasteiger partial charge is 0.472 e. The van der Waals surface area contributed by atoms with Crippen LogP contribution in [0.2, 0.25) is 0 Å². The summed E-state index contributed by atoms with van der Waals surface area (Å²) in [6.45, 7) is 5.45. The quantitative estimate of drug-likeness (QED) is 0.486. The van der Waals surface area contributed by atoms with Crippen molar-refractivity contribution in [3.63, 3.8) is 0 Å². The third-order valence-corrected chi connectivity index (χ3v) is 5.20. The van der Waals surface area contributed by atoms with Crippen molar-refractivity contribution in [3.8, 4) is 0 Å². The average molecular weight is 414 g/mol. The van der Waals surface area contributed by atoms with E-state index in [9.17, 15) is 19.7 Å². The van der Waals surface area contributed by atoms with Crippen LogP contribution in [0, 0.1) is 10.1 Å². The fraction of sp³-hybridized carbons (Fsp3) is 0.429. The zero-order valence-electron chi connectivity index (χ0n) is 17.0. The lowest BCUT2D eigenvalue weighted by Gasteiger charge is -2.36. The number of anilines is 1. The number of rotatable bonds is 8. The van der Waals surface area contributed by atoms with Gasteiger partial charge in [-0.3, -0.25) is 19.7 Å². The summed E-state index contributed by atoms with van der Waals surface area (Å²) in [5.74, 6) is -0.0964. The molecule has 0 aliphatic carbocycles. The molecule has 1 fully saturated rings. The summed E-state index contributed by atoms with van der Waals surface area (Å²) in [5.41, 5.74) is 1.47. The van der Waals surface area contributed by atoms with Crippen molar-refractivity contribution in [2.45, 2.75) is 19.8 Å². The molecule has 160 valence electrons. The Labute approximate surface area is 175 Å². The van der Waals surface area contributed by atoms with Gasteiger partial charge < -0.3 is 19.1 Å². The monoisotopic (exact) mass is 414 g/mol. The summed E-state index contributed by atoms with van der Waals surface area (Å²) in [6.07, 6.45) is 3.98. The maximum atomic E-state index is 12.7. The van der Waals surface area contributed by atoms with Crippen LogP contribution < -0.4 is 4.90 Å². The minimum absolute atomic E-state index is 0.0273. The molecule has 0 bridgehead atoms. The van der Waals surface area contributed by atoms with E-state index >= 15 is 0 Å². The zero-order valence-corrected chi connectivity index (χ0v) is 17.0. The van der Waals surface area contributed by atoms with E-state index in [4.69, 9.17) is 4.42 Å². The number of nitro groups is 1. The molecular formula is C21H26N4O5. The van der Waals surface area contributed by atoms with Crippen LogP contribution in [0.25, 0.3) is 0 Å². The first-order valence-corrected chi connectivity index (χ1v) is 10.1. The minimum atomic E-state index is -0.417. The number of piperazine rings is 1. The highest BCUT2D eigenvalue weighted by atomic mass is 16.6.